The van der Waals surface area contributed by atoms with Crippen molar-refractivity contribution in [2.75, 3.05) is 18.5 Å². The first-order valence-corrected chi connectivity index (χ1v) is 9.97. The molecule has 0 bridgehead atoms. The van der Waals surface area contributed by atoms with E-state index in [0.717, 1.165) is 12.2 Å². The third-order valence-electron chi connectivity index (χ3n) is 4.96. The molecule has 5 heteroatoms. The molecule has 0 aliphatic rings. The van der Waals surface area contributed by atoms with Gasteiger partial charge in [0, 0.05) is 12.1 Å². The highest BCUT2D eigenvalue weighted by Gasteiger charge is 2.27. The smallest absolute Gasteiger partial charge is 0.246 e. The predicted molar refractivity (Wildman–Crippen MR) is 121 cm³/mol. The summed E-state index contributed by atoms with van der Waals surface area (Å²) < 4.78 is 5.81. The lowest BCUT2D eigenvalue weighted by Crippen LogP contribution is -2.51. The van der Waals surface area contributed by atoms with Crippen LogP contribution in [0, 0.1) is 6.92 Å². The highest BCUT2D eigenvalue weighted by molar-refractivity contribution is 5.97. The Hall–Kier alpha value is -3.15. The van der Waals surface area contributed by atoms with E-state index in [-0.39, 0.29) is 0 Å². The third-order valence-corrected chi connectivity index (χ3v) is 4.96. The van der Waals surface area contributed by atoms with Gasteiger partial charge in [-0.3, -0.25) is 4.79 Å². The number of nitrogens with two attached hydrogens (primary N) is 1. The Balaban J connectivity index is 1.49. The summed E-state index contributed by atoms with van der Waals surface area (Å²) in [5.74, 6) is 0.287. The van der Waals surface area contributed by atoms with Gasteiger partial charge in [-0.2, -0.15) is 0 Å². The second-order valence-electron chi connectivity index (χ2n) is 7.72. The molecule has 0 fully saturated rings. The lowest BCUT2D eigenvalue weighted by atomic mass is 10.0. The second kappa shape index (κ2) is 9.57. The number of hydrogen-bond donors (Lipinski definition) is 3. The molecule has 0 aromatic heterocycles. The quantitative estimate of drug-likeness (QED) is 0.531. The Morgan fingerprint density at radius 1 is 0.967 bits per heavy atom. The van der Waals surface area contributed by atoms with Gasteiger partial charge >= 0.3 is 0 Å². The maximum absolute atomic E-state index is 12.0. The van der Waals surface area contributed by atoms with Crippen LogP contribution in [0.1, 0.15) is 18.1 Å². The third kappa shape index (κ3) is 5.69. The molecule has 0 saturated carbocycles. The zero-order valence-electron chi connectivity index (χ0n) is 17.4. The molecule has 1 amide bonds. The number of benzene rings is 3. The Morgan fingerprint density at radius 3 is 2.10 bits per heavy atom. The first-order valence-electron chi connectivity index (χ1n) is 9.97. The summed E-state index contributed by atoms with van der Waals surface area (Å²) in [7, 11) is 0. The molecule has 0 aliphatic carbocycles. The van der Waals surface area contributed by atoms with Crippen molar-refractivity contribution in [1.82, 2.24) is 0 Å². The number of aliphatic hydroxyl groups excluding tert-OH is 1. The summed E-state index contributed by atoms with van der Waals surface area (Å²) in [5.41, 5.74) is 9.88. The Bertz CT molecular complexity index is 963. The molecule has 5 nitrogen and oxygen atoms in total. The molecular formula is C25H28N2O3. The monoisotopic (exact) mass is 404 g/mol. The molecule has 0 unspecified atom stereocenters. The zero-order chi connectivity index (χ0) is 21.6. The van der Waals surface area contributed by atoms with Crippen molar-refractivity contribution in [3.8, 4) is 16.9 Å². The summed E-state index contributed by atoms with van der Waals surface area (Å²) in [4.78, 5) is 12.0. The molecule has 3 rings (SSSR count). The first-order chi connectivity index (χ1) is 14.4. The van der Waals surface area contributed by atoms with Crippen molar-refractivity contribution in [3.63, 3.8) is 0 Å². The topological polar surface area (TPSA) is 84.6 Å². The number of amides is 1. The van der Waals surface area contributed by atoms with Crippen LogP contribution >= 0.6 is 0 Å². The van der Waals surface area contributed by atoms with E-state index < -0.39 is 18.1 Å². The van der Waals surface area contributed by atoms with Gasteiger partial charge in [0.2, 0.25) is 5.91 Å². The van der Waals surface area contributed by atoms with E-state index in [4.69, 9.17) is 15.6 Å². The highest BCUT2D eigenvalue weighted by Crippen LogP contribution is 2.21. The van der Waals surface area contributed by atoms with Crippen LogP contribution in [-0.2, 0) is 11.2 Å². The van der Waals surface area contributed by atoms with E-state index in [9.17, 15) is 4.79 Å². The van der Waals surface area contributed by atoms with Crippen LogP contribution in [0.3, 0.4) is 0 Å². The summed E-state index contributed by atoms with van der Waals surface area (Å²) in [6, 6.07) is 24.1. The predicted octanol–water partition coefficient (Wildman–Crippen LogP) is 3.93. The van der Waals surface area contributed by atoms with Crippen molar-refractivity contribution in [1.29, 1.82) is 0 Å². The molecular weight excluding hydrogens is 376 g/mol. The zero-order valence-corrected chi connectivity index (χ0v) is 17.4. The summed E-state index contributed by atoms with van der Waals surface area (Å²) in [6.45, 7) is 3.70. The minimum absolute atomic E-state index is 0.425. The number of carbonyl (C=O) groups is 1. The van der Waals surface area contributed by atoms with Crippen molar-refractivity contribution in [2.45, 2.75) is 25.8 Å². The molecule has 0 saturated heterocycles. The van der Waals surface area contributed by atoms with Crippen LogP contribution in [-0.4, -0.2) is 29.8 Å². The number of nitrogens with one attached hydrogen (secondary N) is 1. The molecule has 3 aromatic carbocycles. The number of aliphatic hydroxyl groups is 1. The average molecular weight is 405 g/mol. The van der Waals surface area contributed by atoms with Gasteiger partial charge in [0.25, 0.3) is 0 Å². The number of aryl methyl sites for hydroxylation is 1. The number of carbonyl (C=O) groups excluding carboxylic acids is 1. The summed E-state index contributed by atoms with van der Waals surface area (Å²) in [5, 5.41) is 11.8. The van der Waals surface area contributed by atoms with Gasteiger partial charge in [0.05, 0.1) is 13.2 Å². The fourth-order valence-corrected chi connectivity index (χ4v) is 2.88. The molecule has 156 valence electrons. The van der Waals surface area contributed by atoms with Crippen LogP contribution in [0.5, 0.6) is 5.75 Å². The summed E-state index contributed by atoms with van der Waals surface area (Å²) >= 11 is 0. The Kier molecular flexibility index (Phi) is 6.87. The van der Waals surface area contributed by atoms with Crippen LogP contribution in [0.2, 0.25) is 0 Å². The van der Waals surface area contributed by atoms with E-state index in [0.29, 0.717) is 12.3 Å². The lowest BCUT2D eigenvalue weighted by Gasteiger charge is -2.20. The lowest BCUT2D eigenvalue weighted by molar-refractivity contribution is -0.121. The first kappa shape index (κ1) is 21.6. The second-order valence-corrected chi connectivity index (χ2v) is 7.72. The summed E-state index contributed by atoms with van der Waals surface area (Å²) in [6.07, 6.45) is 0.800. The van der Waals surface area contributed by atoms with Gasteiger partial charge in [0.15, 0.2) is 0 Å². The van der Waals surface area contributed by atoms with E-state index in [1.165, 1.54) is 29.2 Å². The van der Waals surface area contributed by atoms with Crippen molar-refractivity contribution >= 4 is 11.6 Å². The van der Waals surface area contributed by atoms with Crippen molar-refractivity contribution < 1.29 is 14.6 Å². The maximum atomic E-state index is 12.0. The molecule has 1 atom stereocenters. The van der Waals surface area contributed by atoms with Crippen LogP contribution in [0.15, 0.2) is 72.8 Å². The minimum Gasteiger partial charge on any atom is -0.493 e. The van der Waals surface area contributed by atoms with E-state index in [1.54, 1.807) is 24.3 Å². The molecule has 0 radical (unpaired) electrons. The average Bonchev–Trinajstić information content (AvgIpc) is 2.76. The van der Waals surface area contributed by atoms with Crippen molar-refractivity contribution in [2.24, 2.45) is 5.73 Å². The SMILES string of the molecule is Cc1ccc(-c2ccc(CCOc3ccc(NC(=O)[C@@](C)(N)CO)cc3)cc2)cc1. The highest BCUT2D eigenvalue weighted by atomic mass is 16.5. The molecule has 3 aromatic rings. The minimum atomic E-state index is -1.32. The number of hydrogen-bond acceptors (Lipinski definition) is 4. The maximum Gasteiger partial charge on any atom is 0.246 e. The van der Waals surface area contributed by atoms with E-state index >= 15 is 0 Å². The van der Waals surface area contributed by atoms with Crippen LogP contribution < -0.4 is 15.8 Å². The Morgan fingerprint density at radius 2 is 1.53 bits per heavy atom. The molecule has 0 heterocycles. The van der Waals surface area contributed by atoms with Gasteiger partial charge in [-0.25, -0.2) is 0 Å². The van der Waals surface area contributed by atoms with E-state index in [1.807, 2.05) is 0 Å². The number of rotatable bonds is 8. The molecule has 30 heavy (non-hydrogen) atoms. The molecule has 0 spiro atoms. The fourth-order valence-electron chi connectivity index (χ4n) is 2.88. The fraction of sp³-hybridized carbons (Fsp3) is 0.240. The van der Waals surface area contributed by atoms with Gasteiger partial charge in [-0.1, -0.05) is 54.1 Å². The Labute approximate surface area is 177 Å². The largest absolute Gasteiger partial charge is 0.493 e. The normalized spacial score (nSPS) is 12.8. The van der Waals surface area contributed by atoms with Gasteiger partial charge < -0.3 is 20.9 Å². The van der Waals surface area contributed by atoms with Crippen LogP contribution in [0.25, 0.3) is 11.1 Å². The standard InChI is InChI=1S/C25H28N2O3/c1-18-3-7-20(8-4-18)21-9-5-19(6-10-21)15-16-30-23-13-11-22(12-14-23)27-24(29)25(2,26)17-28/h3-14,28H,15-17,26H2,1-2H3,(H,27,29)/t25-/m0/s1. The van der Waals surface area contributed by atoms with Gasteiger partial charge in [0.1, 0.15) is 11.3 Å². The number of anilines is 1. The molecule has 0 aliphatic heterocycles. The van der Waals surface area contributed by atoms with Crippen molar-refractivity contribution in [3.05, 3.63) is 83.9 Å². The van der Waals surface area contributed by atoms with E-state index in [2.05, 4.69) is 60.8 Å². The van der Waals surface area contributed by atoms with Crippen LogP contribution in [0.4, 0.5) is 5.69 Å². The van der Waals surface area contributed by atoms with Gasteiger partial charge in [-0.05, 0) is 54.8 Å². The molecule has 4 N–H and O–H groups in total. The van der Waals surface area contributed by atoms with Gasteiger partial charge in [-0.15, -0.1) is 0 Å². The number of ether oxygens (including phenoxy) is 1.